The van der Waals surface area contributed by atoms with E-state index >= 15 is 0 Å². The zero-order valence-corrected chi connectivity index (χ0v) is 12.9. The number of unbranched alkanes of at least 4 members (excludes halogenated alkanes) is 5. The number of nitrogens with one attached hydrogen (secondary N) is 1. The molecule has 0 saturated carbocycles. The first-order valence-electron chi connectivity index (χ1n) is 7.49. The summed E-state index contributed by atoms with van der Waals surface area (Å²) >= 11 is 1.57. The number of benzene rings is 1. The standard InChI is InChI=1S/C16H23NO2S/c1-2-3-4-5-6-7-10-19-13-8-9-14-15(11-13)20-12-16(18)17-14/h8-9,11H,2-7,10,12H2,1H3,(H,17,18). The minimum Gasteiger partial charge on any atom is -0.494 e. The molecule has 1 aliphatic rings. The van der Waals surface area contributed by atoms with Gasteiger partial charge in [-0.1, -0.05) is 39.0 Å². The largest absolute Gasteiger partial charge is 0.494 e. The van der Waals surface area contributed by atoms with Gasteiger partial charge in [0.1, 0.15) is 5.75 Å². The highest BCUT2D eigenvalue weighted by Gasteiger charge is 2.15. The molecule has 1 aliphatic heterocycles. The highest BCUT2D eigenvalue weighted by molar-refractivity contribution is 8.00. The number of rotatable bonds is 8. The summed E-state index contributed by atoms with van der Waals surface area (Å²) in [7, 11) is 0. The number of hydrogen-bond acceptors (Lipinski definition) is 3. The smallest absolute Gasteiger partial charge is 0.234 e. The van der Waals surface area contributed by atoms with Crippen LogP contribution in [0.15, 0.2) is 23.1 Å². The molecule has 3 nitrogen and oxygen atoms in total. The molecule has 0 aromatic heterocycles. The Morgan fingerprint density at radius 3 is 2.85 bits per heavy atom. The van der Waals surface area contributed by atoms with E-state index in [2.05, 4.69) is 12.2 Å². The van der Waals surface area contributed by atoms with Crippen LogP contribution in [0, 0.1) is 0 Å². The lowest BCUT2D eigenvalue weighted by atomic mass is 10.1. The number of fused-ring (bicyclic) bond motifs is 1. The monoisotopic (exact) mass is 293 g/mol. The van der Waals surface area contributed by atoms with Crippen LogP contribution >= 0.6 is 11.8 Å². The predicted molar refractivity (Wildman–Crippen MR) is 84.7 cm³/mol. The van der Waals surface area contributed by atoms with E-state index in [-0.39, 0.29) is 5.91 Å². The first-order valence-corrected chi connectivity index (χ1v) is 8.47. The maximum absolute atomic E-state index is 11.3. The first-order chi connectivity index (χ1) is 9.79. The molecular formula is C16H23NO2S. The molecule has 0 unspecified atom stereocenters. The summed E-state index contributed by atoms with van der Waals surface area (Å²) in [5, 5.41) is 2.87. The molecule has 0 spiro atoms. The van der Waals surface area contributed by atoms with E-state index in [1.165, 1.54) is 32.1 Å². The van der Waals surface area contributed by atoms with Gasteiger partial charge in [0.2, 0.25) is 5.91 Å². The Kier molecular flexibility index (Phi) is 6.25. The molecular weight excluding hydrogens is 270 g/mol. The van der Waals surface area contributed by atoms with E-state index < -0.39 is 0 Å². The molecule has 0 fully saturated rings. The zero-order chi connectivity index (χ0) is 14.2. The molecule has 1 aromatic rings. The summed E-state index contributed by atoms with van der Waals surface area (Å²) in [4.78, 5) is 12.4. The minimum absolute atomic E-state index is 0.0725. The highest BCUT2D eigenvalue weighted by Crippen LogP contribution is 2.34. The van der Waals surface area contributed by atoms with Crippen molar-refractivity contribution >= 4 is 23.4 Å². The average molecular weight is 293 g/mol. The maximum Gasteiger partial charge on any atom is 0.234 e. The Hall–Kier alpha value is -1.16. The van der Waals surface area contributed by atoms with Crippen LogP contribution in [0.5, 0.6) is 5.75 Å². The summed E-state index contributed by atoms with van der Waals surface area (Å²) in [5.74, 6) is 1.47. The highest BCUT2D eigenvalue weighted by atomic mass is 32.2. The van der Waals surface area contributed by atoms with Crippen LogP contribution < -0.4 is 10.1 Å². The minimum atomic E-state index is 0.0725. The van der Waals surface area contributed by atoms with Crippen molar-refractivity contribution in [3.8, 4) is 5.75 Å². The van der Waals surface area contributed by atoms with Gasteiger partial charge in [-0.25, -0.2) is 0 Å². The molecule has 1 amide bonds. The van der Waals surface area contributed by atoms with Crippen molar-refractivity contribution in [2.75, 3.05) is 17.7 Å². The molecule has 0 bridgehead atoms. The Bertz CT molecular complexity index is 448. The molecule has 0 atom stereocenters. The zero-order valence-electron chi connectivity index (χ0n) is 12.1. The van der Waals surface area contributed by atoms with Crippen LogP contribution in [0.2, 0.25) is 0 Å². The van der Waals surface area contributed by atoms with Gasteiger partial charge in [-0.15, -0.1) is 11.8 Å². The number of carbonyl (C=O) groups excluding carboxylic acids is 1. The van der Waals surface area contributed by atoms with Crippen molar-refractivity contribution in [1.82, 2.24) is 0 Å². The second-order valence-corrected chi connectivity index (χ2v) is 6.13. The molecule has 2 rings (SSSR count). The fourth-order valence-electron chi connectivity index (χ4n) is 2.22. The van der Waals surface area contributed by atoms with Gasteiger partial charge in [-0.3, -0.25) is 4.79 Å². The number of thioether (sulfide) groups is 1. The van der Waals surface area contributed by atoms with Gasteiger partial charge in [0.25, 0.3) is 0 Å². The molecule has 4 heteroatoms. The fourth-order valence-corrected chi connectivity index (χ4v) is 3.05. The first kappa shape index (κ1) is 15.2. The van der Waals surface area contributed by atoms with E-state index in [1.807, 2.05) is 18.2 Å². The Balaban J connectivity index is 1.70. The van der Waals surface area contributed by atoms with Crippen molar-refractivity contribution < 1.29 is 9.53 Å². The molecule has 1 N–H and O–H groups in total. The fraction of sp³-hybridized carbons (Fsp3) is 0.562. The SMILES string of the molecule is CCCCCCCCOc1ccc2c(c1)SCC(=O)N2. The number of amides is 1. The lowest BCUT2D eigenvalue weighted by molar-refractivity contribution is -0.113. The van der Waals surface area contributed by atoms with Crippen molar-refractivity contribution in [3.05, 3.63) is 18.2 Å². The van der Waals surface area contributed by atoms with Gasteiger partial charge in [0.15, 0.2) is 0 Å². The number of anilines is 1. The van der Waals surface area contributed by atoms with Gasteiger partial charge < -0.3 is 10.1 Å². The van der Waals surface area contributed by atoms with Crippen LogP contribution in [0.1, 0.15) is 45.4 Å². The summed E-state index contributed by atoms with van der Waals surface area (Å²) in [6.07, 6.45) is 7.64. The van der Waals surface area contributed by atoms with Crippen LogP contribution in [0.3, 0.4) is 0 Å². The quantitative estimate of drug-likeness (QED) is 0.719. The topological polar surface area (TPSA) is 38.3 Å². The summed E-state index contributed by atoms with van der Waals surface area (Å²) < 4.78 is 5.78. The predicted octanol–water partition coefficient (Wildman–Crippen LogP) is 4.47. The van der Waals surface area contributed by atoms with E-state index in [0.717, 1.165) is 29.4 Å². The third-order valence-electron chi connectivity index (χ3n) is 3.35. The van der Waals surface area contributed by atoms with Crippen molar-refractivity contribution in [2.45, 2.75) is 50.3 Å². The van der Waals surface area contributed by atoms with Crippen LogP contribution in [0.25, 0.3) is 0 Å². The number of hydrogen-bond donors (Lipinski definition) is 1. The second kappa shape index (κ2) is 8.20. The molecule has 0 radical (unpaired) electrons. The Morgan fingerprint density at radius 2 is 2.00 bits per heavy atom. The van der Waals surface area contributed by atoms with Crippen LogP contribution in [-0.4, -0.2) is 18.3 Å². The third kappa shape index (κ3) is 4.75. The van der Waals surface area contributed by atoms with Crippen LogP contribution in [0.4, 0.5) is 5.69 Å². The van der Waals surface area contributed by atoms with Gasteiger partial charge in [0, 0.05) is 4.90 Å². The van der Waals surface area contributed by atoms with E-state index in [9.17, 15) is 4.79 Å². The van der Waals surface area contributed by atoms with Gasteiger partial charge >= 0.3 is 0 Å². The molecule has 0 saturated heterocycles. The normalized spacial score (nSPS) is 13.8. The van der Waals surface area contributed by atoms with Gasteiger partial charge in [-0.05, 0) is 24.6 Å². The molecule has 1 aromatic carbocycles. The summed E-state index contributed by atoms with van der Waals surface area (Å²) in [6, 6.07) is 5.88. The summed E-state index contributed by atoms with van der Waals surface area (Å²) in [5.41, 5.74) is 0.901. The lowest BCUT2D eigenvalue weighted by Crippen LogP contribution is -2.18. The van der Waals surface area contributed by atoms with Gasteiger partial charge in [-0.2, -0.15) is 0 Å². The molecule has 20 heavy (non-hydrogen) atoms. The number of ether oxygens (including phenoxy) is 1. The summed E-state index contributed by atoms with van der Waals surface area (Å²) in [6.45, 7) is 3.02. The van der Waals surface area contributed by atoms with E-state index in [1.54, 1.807) is 11.8 Å². The van der Waals surface area contributed by atoms with E-state index in [4.69, 9.17) is 4.74 Å². The third-order valence-corrected chi connectivity index (χ3v) is 4.41. The second-order valence-electron chi connectivity index (χ2n) is 5.11. The van der Waals surface area contributed by atoms with Gasteiger partial charge in [0.05, 0.1) is 18.0 Å². The maximum atomic E-state index is 11.3. The van der Waals surface area contributed by atoms with Crippen molar-refractivity contribution in [3.63, 3.8) is 0 Å². The van der Waals surface area contributed by atoms with Crippen molar-refractivity contribution in [2.24, 2.45) is 0 Å². The molecule has 0 aliphatic carbocycles. The molecule has 1 heterocycles. The van der Waals surface area contributed by atoms with Crippen LogP contribution in [-0.2, 0) is 4.79 Å². The Labute approximate surface area is 125 Å². The lowest BCUT2D eigenvalue weighted by Gasteiger charge is -2.17. The van der Waals surface area contributed by atoms with E-state index in [0.29, 0.717) is 5.75 Å². The molecule has 110 valence electrons. The average Bonchev–Trinajstić information content (AvgIpc) is 2.46. The Morgan fingerprint density at radius 1 is 1.20 bits per heavy atom. The van der Waals surface area contributed by atoms with Crippen molar-refractivity contribution in [1.29, 1.82) is 0 Å². The number of carbonyl (C=O) groups is 1.